The third kappa shape index (κ3) is 6.12. The minimum absolute atomic E-state index is 0.177. The van der Waals surface area contributed by atoms with Crippen molar-refractivity contribution in [3.63, 3.8) is 0 Å². The van der Waals surface area contributed by atoms with Crippen LogP contribution in [0.4, 0.5) is 5.82 Å². The van der Waals surface area contributed by atoms with E-state index in [0.29, 0.717) is 6.54 Å². The highest BCUT2D eigenvalue weighted by Crippen LogP contribution is 2.12. The smallest absolute Gasteiger partial charge is 0.243 e. The molecule has 0 saturated carbocycles. The van der Waals surface area contributed by atoms with Crippen molar-refractivity contribution >= 4 is 21.7 Å². The Balaban J connectivity index is 1.65. The molecule has 2 rings (SSSR count). The largest absolute Gasteiger partial charge is 0.370 e. The Bertz CT molecular complexity index is 783. The van der Waals surface area contributed by atoms with Gasteiger partial charge < -0.3 is 10.6 Å². The molecule has 1 aromatic carbocycles. The minimum atomic E-state index is -3.65. The molecule has 26 heavy (non-hydrogen) atoms. The van der Waals surface area contributed by atoms with Gasteiger partial charge >= 0.3 is 0 Å². The second kappa shape index (κ2) is 9.88. The van der Waals surface area contributed by atoms with Crippen LogP contribution in [0.2, 0.25) is 0 Å². The van der Waals surface area contributed by atoms with Crippen LogP contribution in [0.15, 0.2) is 59.6 Å². The molecule has 0 fully saturated rings. The maximum Gasteiger partial charge on any atom is 0.243 e. The Hall–Kier alpha value is -2.45. The van der Waals surface area contributed by atoms with Crippen LogP contribution in [0.1, 0.15) is 12.8 Å². The Morgan fingerprint density at radius 1 is 1.04 bits per heavy atom. The molecule has 2 N–H and O–H groups in total. The summed E-state index contributed by atoms with van der Waals surface area (Å²) in [7, 11) is -2.25. The number of carbonyl (C=O) groups excluding carboxylic acids is 1. The number of benzene rings is 1. The molecule has 1 heterocycles. The highest BCUT2D eigenvalue weighted by molar-refractivity contribution is 7.89. The van der Waals surface area contributed by atoms with Gasteiger partial charge in [0.15, 0.2) is 0 Å². The van der Waals surface area contributed by atoms with E-state index in [0.717, 1.165) is 29.5 Å². The molecule has 140 valence electrons. The van der Waals surface area contributed by atoms with Gasteiger partial charge in [-0.2, -0.15) is 4.31 Å². The zero-order valence-corrected chi connectivity index (χ0v) is 15.6. The number of pyridine rings is 1. The lowest BCUT2D eigenvalue weighted by Crippen LogP contribution is -2.38. The molecule has 0 unspecified atom stereocenters. The van der Waals surface area contributed by atoms with Crippen LogP contribution in [0.25, 0.3) is 0 Å². The van der Waals surface area contributed by atoms with Crippen molar-refractivity contribution in [1.29, 1.82) is 0 Å². The molecule has 1 amide bonds. The van der Waals surface area contributed by atoms with Crippen LogP contribution in [0, 0.1) is 0 Å². The van der Waals surface area contributed by atoms with E-state index in [1.807, 2.05) is 18.2 Å². The van der Waals surface area contributed by atoms with E-state index in [4.69, 9.17) is 0 Å². The van der Waals surface area contributed by atoms with Crippen LogP contribution in [-0.2, 0) is 14.8 Å². The van der Waals surface area contributed by atoms with Gasteiger partial charge in [-0.1, -0.05) is 24.3 Å². The molecule has 0 aliphatic rings. The Morgan fingerprint density at radius 2 is 1.73 bits per heavy atom. The Labute approximate surface area is 154 Å². The average molecular weight is 376 g/mol. The number of nitrogens with zero attached hydrogens (tertiary/aromatic N) is 2. The summed E-state index contributed by atoms with van der Waals surface area (Å²) in [6.07, 6.45) is 3.39. The molecule has 0 aliphatic carbocycles. The summed E-state index contributed by atoms with van der Waals surface area (Å²) in [4.78, 5) is 16.3. The summed E-state index contributed by atoms with van der Waals surface area (Å²) in [5, 5.41) is 5.94. The first-order valence-corrected chi connectivity index (χ1v) is 9.87. The maximum absolute atomic E-state index is 12.3. The van der Waals surface area contributed by atoms with Crippen molar-refractivity contribution in [1.82, 2.24) is 14.6 Å². The van der Waals surface area contributed by atoms with Gasteiger partial charge in [-0.05, 0) is 37.1 Å². The average Bonchev–Trinajstić information content (AvgIpc) is 2.66. The summed E-state index contributed by atoms with van der Waals surface area (Å²) < 4.78 is 25.8. The maximum atomic E-state index is 12.3. The highest BCUT2D eigenvalue weighted by atomic mass is 32.2. The van der Waals surface area contributed by atoms with Crippen LogP contribution in [0.3, 0.4) is 0 Å². The Morgan fingerprint density at radius 3 is 2.42 bits per heavy atom. The van der Waals surface area contributed by atoms with Crippen molar-refractivity contribution in [3.05, 3.63) is 54.7 Å². The van der Waals surface area contributed by atoms with Gasteiger partial charge in [0, 0.05) is 26.3 Å². The zero-order chi connectivity index (χ0) is 18.8. The second-order valence-corrected chi connectivity index (χ2v) is 7.82. The van der Waals surface area contributed by atoms with E-state index >= 15 is 0 Å². The first-order valence-electron chi connectivity index (χ1n) is 8.43. The number of likely N-dealkylation sites (N-methyl/N-ethyl adjacent to an activating group) is 1. The summed E-state index contributed by atoms with van der Waals surface area (Å²) in [5.41, 5.74) is 0. The summed E-state index contributed by atoms with van der Waals surface area (Å²) in [6.45, 7) is 1.06. The van der Waals surface area contributed by atoms with Gasteiger partial charge in [0.1, 0.15) is 5.82 Å². The molecule has 0 atom stereocenters. The first kappa shape index (κ1) is 19.9. The third-order valence-corrected chi connectivity index (χ3v) is 5.53. The number of nitrogens with one attached hydrogen (secondary N) is 2. The molecule has 8 heteroatoms. The fraction of sp³-hybridized carbons (Fsp3) is 0.333. The van der Waals surface area contributed by atoms with Crippen LogP contribution >= 0.6 is 0 Å². The molecule has 0 radical (unpaired) electrons. The molecule has 0 spiro atoms. The van der Waals surface area contributed by atoms with Crippen molar-refractivity contribution in [3.8, 4) is 0 Å². The number of hydrogen-bond acceptors (Lipinski definition) is 5. The number of aromatic nitrogens is 1. The fourth-order valence-corrected chi connectivity index (χ4v) is 3.43. The topological polar surface area (TPSA) is 91.4 Å². The number of anilines is 1. The van der Waals surface area contributed by atoms with Crippen LogP contribution < -0.4 is 10.6 Å². The predicted octanol–water partition coefficient (Wildman–Crippen LogP) is 1.71. The quantitative estimate of drug-likeness (QED) is 0.616. The lowest BCUT2D eigenvalue weighted by molar-refractivity contribution is -0.121. The third-order valence-electron chi connectivity index (χ3n) is 3.71. The molecule has 0 saturated heterocycles. The van der Waals surface area contributed by atoms with E-state index in [-0.39, 0.29) is 17.3 Å². The summed E-state index contributed by atoms with van der Waals surface area (Å²) >= 11 is 0. The van der Waals surface area contributed by atoms with E-state index in [1.165, 1.54) is 19.2 Å². The zero-order valence-electron chi connectivity index (χ0n) is 14.8. The second-order valence-electron chi connectivity index (χ2n) is 5.77. The van der Waals surface area contributed by atoms with Crippen molar-refractivity contribution in [2.75, 3.05) is 32.0 Å². The van der Waals surface area contributed by atoms with E-state index in [9.17, 15) is 13.2 Å². The predicted molar refractivity (Wildman–Crippen MR) is 101 cm³/mol. The summed E-state index contributed by atoms with van der Waals surface area (Å²) in [6, 6.07) is 13.7. The first-order chi connectivity index (χ1) is 12.5. The lowest BCUT2D eigenvalue weighted by atomic mass is 10.3. The van der Waals surface area contributed by atoms with Gasteiger partial charge in [-0.25, -0.2) is 13.4 Å². The standard InChI is InChI=1S/C18H24N4O3S/c1-22(26(24,25)16-9-3-2-4-10-16)15-18(23)21-14-8-7-13-20-17-11-5-6-12-19-17/h2-6,9-12H,7-8,13-15H2,1H3,(H,19,20)(H,21,23). The molecular formula is C18H24N4O3S. The number of carbonyl (C=O) groups is 1. The lowest BCUT2D eigenvalue weighted by Gasteiger charge is -2.16. The van der Waals surface area contributed by atoms with Crippen molar-refractivity contribution < 1.29 is 13.2 Å². The van der Waals surface area contributed by atoms with E-state index < -0.39 is 10.0 Å². The summed E-state index contributed by atoms with van der Waals surface area (Å²) in [5.74, 6) is 0.508. The Kier molecular flexibility index (Phi) is 7.55. The van der Waals surface area contributed by atoms with Gasteiger partial charge in [0.05, 0.1) is 11.4 Å². The number of hydrogen-bond donors (Lipinski definition) is 2. The van der Waals surface area contributed by atoms with E-state index in [2.05, 4.69) is 15.6 Å². The molecule has 1 aromatic heterocycles. The molecule has 2 aromatic rings. The van der Waals surface area contributed by atoms with Gasteiger partial charge in [0.2, 0.25) is 15.9 Å². The van der Waals surface area contributed by atoms with Gasteiger partial charge in [-0.3, -0.25) is 4.79 Å². The highest BCUT2D eigenvalue weighted by Gasteiger charge is 2.22. The molecule has 0 aliphatic heterocycles. The molecule has 7 nitrogen and oxygen atoms in total. The number of amides is 1. The minimum Gasteiger partial charge on any atom is -0.370 e. The van der Waals surface area contributed by atoms with E-state index in [1.54, 1.807) is 24.4 Å². The number of rotatable bonds is 10. The van der Waals surface area contributed by atoms with Crippen molar-refractivity contribution in [2.45, 2.75) is 17.7 Å². The van der Waals surface area contributed by atoms with Gasteiger partial charge in [-0.15, -0.1) is 0 Å². The van der Waals surface area contributed by atoms with Crippen molar-refractivity contribution in [2.24, 2.45) is 0 Å². The SMILES string of the molecule is CN(CC(=O)NCCCCNc1ccccn1)S(=O)(=O)c1ccccc1. The normalized spacial score (nSPS) is 11.3. The number of unbranched alkanes of at least 4 members (excludes halogenated alkanes) is 1. The molecule has 0 bridgehead atoms. The van der Waals surface area contributed by atoms with Gasteiger partial charge in [0.25, 0.3) is 0 Å². The fourth-order valence-electron chi connectivity index (χ4n) is 2.28. The van der Waals surface area contributed by atoms with Crippen LogP contribution in [-0.4, -0.2) is 50.3 Å². The number of sulfonamides is 1. The monoisotopic (exact) mass is 376 g/mol. The molecular weight excluding hydrogens is 352 g/mol. The van der Waals surface area contributed by atoms with Crippen LogP contribution in [0.5, 0.6) is 0 Å².